The number of H-pyrrole nitrogens is 1. The Bertz CT molecular complexity index is 1390. The second-order valence-corrected chi connectivity index (χ2v) is 8.03. The van der Waals surface area contributed by atoms with Gasteiger partial charge in [0.25, 0.3) is 11.5 Å². The Hall–Kier alpha value is -3.97. The molecule has 0 saturated heterocycles. The van der Waals surface area contributed by atoms with Crippen LogP contribution in [0.15, 0.2) is 77.6 Å². The van der Waals surface area contributed by atoms with Gasteiger partial charge in [-0.3, -0.25) is 14.4 Å². The molecule has 0 unspecified atom stereocenters. The maximum atomic E-state index is 12.7. The van der Waals surface area contributed by atoms with Crippen LogP contribution in [0.5, 0.6) is 5.75 Å². The SMILES string of the molecule is CCN(Cc1nc2cc(Cl)ccc2c(=O)[nH]1)C(=O)COc1ccc(C(=O)c2ccccc2)cc1. The lowest BCUT2D eigenvalue weighted by atomic mass is 10.0. The number of aromatic nitrogens is 2. The molecule has 0 radical (unpaired) electrons. The van der Waals surface area contributed by atoms with Crippen molar-refractivity contribution in [3.8, 4) is 5.75 Å². The molecule has 3 aromatic carbocycles. The fourth-order valence-electron chi connectivity index (χ4n) is 3.49. The minimum absolute atomic E-state index is 0.0847. The molecule has 0 saturated carbocycles. The summed E-state index contributed by atoms with van der Waals surface area (Å²) in [5, 5.41) is 0.907. The number of rotatable bonds is 8. The van der Waals surface area contributed by atoms with Gasteiger partial charge in [-0.25, -0.2) is 4.98 Å². The average molecular weight is 476 g/mol. The van der Waals surface area contributed by atoms with Crippen LogP contribution in [0.25, 0.3) is 10.9 Å². The van der Waals surface area contributed by atoms with Gasteiger partial charge in [-0.1, -0.05) is 41.9 Å². The predicted molar refractivity (Wildman–Crippen MR) is 130 cm³/mol. The highest BCUT2D eigenvalue weighted by Gasteiger charge is 2.16. The van der Waals surface area contributed by atoms with Gasteiger partial charge in [-0.05, 0) is 49.4 Å². The zero-order valence-electron chi connectivity index (χ0n) is 18.5. The van der Waals surface area contributed by atoms with Crippen molar-refractivity contribution in [2.45, 2.75) is 13.5 Å². The standard InChI is InChI=1S/C26H22ClN3O4/c1-2-30(15-23-28-22-14-19(27)10-13-21(22)26(33)29-23)24(31)16-34-20-11-8-18(9-12-20)25(32)17-6-4-3-5-7-17/h3-14H,2,15-16H2,1H3,(H,28,29,33). The van der Waals surface area contributed by atoms with Gasteiger partial charge in [0.15, 0.2) is 12.4 Å². The van der Waals surface area contributed by atoms with Gasteiger partial charge in [-0.15, -0.1) is 0 Å². The third kappa shape index (κ3) is 5.32. The first-order valence-corrected chi connectivity index (χ1v) is 11.1. The van der Waals surface area contributed by atoms with Crippen LogP contribution < -0.4 is 10.3 Å². The Morgan fingerprint density at radius 1 is 1.00 bits per heavy atom. The quantitative estimate of drug-likeness (QED) is 0.385. The Morgan fingerprint density at radius 2 is 1.71 bits per heavy atom. The molecular formula is C26H22ClN3O4. The van der Waals surface area contributed by atoms with E-state index in [1.807, 2.05) is 25.1 Å². The molecule has 34 heavy (non-hydrogen) atoms. The van der Waals surface area contributed by atoms with E-state index in [-0.39, 0.29) is 30.4 Å². The first-order valence-electron chi connectivity index (χ1n) is 10.7. The lowest BCUT2D eigenvalue weighted by molar-refractivity contribution is -0.133. The number of hydrogen-bond acceptors (Lipinski definition) is 5. The summed E-state index contributed by atoms with van der Waals surface area (Å²) in [5.74, 6) is 0.485. The molecule has 1 aromatic heterocycles. The minimum atomic E-state index is -0.290. The van der Waals surface area contributed by atoms with E-state index in [0.29, 0.717) is 45.2 Å². The Morgan fingerprint density at radius 3 is 2.41 bits per heavy atom. The van der Waals surface area contributed by atoms with Crippen molar-refractivity contribution in [3.63, 3.8) is 0 Å². The lowest BCUT2D eigenvalue weighted by Gasteiger charge is -2.20. The van der Waals surface area contributed by atoms with Crippen molar-refractivity contribution < 1.29 is 14.3 Å². The number of carbonyl (C=O) groups excluding carboxylic acids is 2. The molecule has 172 valence electrons. The number of nitrogens with one attached hydrogen (secondary N) is 1. The largest absolute Gasteiger partial charge is 0.484 e. The molecule has 1 amide bonds. The van der Waals surface area contributed by atoms with E-state index in [1.165, 1.54) is 4.90 Å². The highest BCUT2D eigenvalue weighted by Crippen LogP contribution is 2.17. The van der Waals surface area contributed by atoms with Crippen LogP contribution in [0.3, 0.4) is 0 Å². The van der Waals surface area contributed by atoms with Gasteiger partial charge in [0.2, 0.25) is 0 Å². The molecule has 1 heterocycles. The number of amides is 1. The molecule has 0 aliphatic rings. The highest BCUT2D eigenvalue weighted by atomic mass is 35.5. The van der Waals surface area contributed by atoms with Crippen LogP contribution in [-0.4, -0.2) is 39.7 Å². The van der Waals surface area contributed by atoms with E-state index >= 15 is 0 Å². The number of nitrogens with zero attached hydrogens (tertiary/aromatic N) is 2. The number of ketones is 1. The fraction of sp³-hybridized carbons (Fsp3) is 0.154. The van der Waals surface area contributed by atoms with Gasteiger partial charge in [0, 0.05) is 22.7 Å². The number of halogens is 1. The second-order valence-electron chi connectivity index (χ2n) is 7.59. The van der Waals surface area contributed by atoms with Gasteiger partial charge < -0.3 is 14.6 Å². The van der Waals surface area contributed by atoms with Crippen molar-refractivity contribution in [2.24, 2.45) is 0 Å². The maximum Gasteiger partial charge on any atom is 0.260 e. The number of hydrogen-bond donors (Lipinski definition) is 1. The van der Waals surface area contributed by atoms with Crippen molar-refractivity contribution >= 4 is 34.2 Å². The van der Waals surface area contributed by atoms with Crippen molar-refractivity contribution in [1.82, 2.24) is 14.9 Å². The summed E-state index contributed by atoms with van der Waals surface area (Å²) in [6.45, 7) is 2.17. The summed E-state index contributed by atoms with van der Waals surface area (Å²) in [5.41, 5.74) is 1.32. The van der Waals surface area contributed by atoms with Crippen LogP contribution in [0, 0.1) is 0 Å². The minimum Gasteiger partial charge on any atom is -0.484 e. The summed E-state index contributed by atoms with van der Waals surface area (Å²) >= 11 is 6.01. The van der Waals surface area contributed by atoms with Crippen LogP contribution >= 0.6 is 11.6 Å². The van der Waals surface area contributed by atoms with Crippen molar-refractivity contribution in [2.75, 3.05) is 13.2 Å². The lowest BCUT2D eigenvalue weighted by Crippen LogP contribution is -2.35. The smallest absolute Gasteiger partial charge is 0.260 e. The second kappa shape index (κ2) is 10.3. The molecule has 8 heteroatoms. The normalized spacial score (nSPS) is 10.8. The van der Waals surface area contributed by atoms with E-state index in [1.54, 1.807) is 54.6 Å². The van der Waals surface area contributed by atoms with Gasteiger partial charge in [0.05, 0.1) is 17.4 Å². The van der Waals surface area contributed by atoms with Crippen molar-refractivity contribution in [1.29, 1.82) is 0 Å². The molecular weight excluding hydrogens is 454 g/mol. The first-order chi connectivity index (χ1) is 16.4. The number of aromatic amines is 1. The maximum absolute atomic E-state index is 12.7. The molecule has 1 N–H and O–H groups in total. The molecule has 7 nitrogen and oxygen atoms in total. The van der Waals surface area contributed by atoms with Crippen LogP contribution in [-0.2, 0) is 11.3 Å². The Balaban J connectivity index is 1.39. The molecule has 0 atom stereocenters. The molecule has 0 spiro atoms. The third-order valence-corrected chi connectivity index (χ3v) is 5.54. The molecule has 4 rings (SSSR count). The third-order valence-electron chi connectivity index (χ3n) is 5.31. The predicted octanol–water partition coefficient (Wildman–Crippen LogP) is 4.24. The van der Waals surface area contributed by atoms with Crippen LogP contribution in [0.2, 0.25) is 5.02 Å². The molecule has 4 aromatic rings. The summed E-state index contributed by atoms with van der Waals surface area (Å²) in [7, 11) is 0. The summed E-state index contributed by atoms with van der Waals surface area (Å²) in [6.07, 6.45) is 0. The average Bonchev–Trinajstić information content (AvgIpc) is 2.86. The van der Waals surface area contributed by atoms with Gasteiger partial charge in [0.1, 0.15) is 11.6 Å². The zero-order valence-corrected chi connectivity index (χ0v) is 19.2. The highest BCUT2D eigenvalue weighted by molar-refractivity contribution is 6.31. The molecule has 0 aliphatic heterocycles. The van der Waals surface area contributed by atoms with Gasteiger partial charge >= 0.3 is 0 Å². The summed E-state index contributed by atoms with van der Waals surface area (Å²) in [4.78, 5) is 46.2. The fourth-order valence-corrected chi connectivity index (χ4v) is 3.65. The first kappa shape index (κ1) is 23.2. The number of carbonyl (C=O) groups is 2. The zero-order chi connectivity index (χ0) is 24.1. The number of fused-ring (bicyclic) bond motifs is 1. The number of ether oxygens (including phenoxy) is 1. The number of likely N-dealkylation sites (N-methyl/N-ethyl adjacent to an activating group) is 1. The van der Waals surface area contributed by atoms with E-state index in [9.17, 15) is 14.4 Å². The van der Waals surface area contributed by atoms with E-state index in [4.69, 9.17) is 16.3 Å². The molecule has 0 bridgehead atoms. The number of benzene rings is 3. The van der Waals surface area contributed by atoms with Gasteiger partial charge in [-0.2, -0.15) is 0 Å². The van der Waals surface area contributed by atoms with E-state index in [0.717, 1.165) is 0 Å². The topological polar surface area (TPSA) is 92.4 Å². The van der Waals surface area contributed by atoms with Crippen molar-refractivity contribution in [3.05, 3.63) is 105 Å². The Kier molecular flexibility index (Phi) is 7.04. The van der Waals surface area contributed by atoms with E-state index < -0.39 is 0 Å². The van der Waals surface area contributed by atoms with E-state index in [2.05, 4.69) is 9.97 Å². The molecule has 0 aliphatic carbocycles. The monoisotopic (exact) mass is 475 g/mol. The summed E-state index contributed by atoms with van der Waals surface area (Å²) in [6, 6.07) is 20.5. The van der Waals surface area contributed by atoms with Crippen LogP contribution in [0.1, 0.15) is 28.7 Å². The Labute approximate surface area is 201 Å². The van der Waals surface area contributed by atoms with Crippen LogP contribution in [0.4, 0.5) is 0 Å². The summed E-state index contributed by atoms with van der Waals surface area (Å²) < 4.78 is 5.63. The molecule has 0 fully saturated rings.